The normalized spacial score (nSPS) is 10.8. The van der Waals surface area contributed by atoms with Gasteiger partial charge >= 0.3 is 0 Å². The smallest absolute Gasteiger partial charge is 0.183 e. The van der Waals surface area contributed by atoms with Crippen LogP contribution in [0.3, 0.4) is 0 Å². The first-order chi connectivity index (χ1) is 9.24. The van der Waals surface area contributed by atoms with Gasteiger partial charge in [0.05, 0.1) is 6.54 Å². The maximum Gasteiger partial charge on any atom is 0.183 e. The minimum Gasteiger partial charge on any atom is -0.507 e. The van der Waals surface area contributed by atoms with Crippen LogP contribution in [0.25, 0.3) is 10.8 Å². The summed E-state index contributed by atoms with van der Waals surface area (Å²) in [6.07, 6.45) is 1.77. The molecule has 0 aliphatic carbocycles. The van der Waals surface area contributed by atoms with Gasteiger partial charge in [0.25, 0.3) is 0 Å². The van der Waals surface area contributed by atoms with Crippen LogP contribution in [0.4, 0.5) is 5.69 Å². The number of rotatable bonds is 3. The van der Waals surface area contributed by atoms with Gasteiger partial charge < -0.3 is 10.4 Å². The lowest BCUT2D eigenvalue weighted by molar-refractivity contribution is 0.481. The minimum absolute atomic E-state index is 0.294. The number of nitrogens with zero attached hydrogens (tertiary/aromatic N) is 1. The summed E-state index contributed by atoms with van der Waals surface area (Å²) in [4.78, 5) is 5.08. The van der Waals surface area contributed by atoms with Gasteiger partial charge in [-0.3, -0.25) is 0 Å². The second-order valence-corrected chi connectivity index (χ2v) is 5.81. The predicted molar refractivity (Wildman–Crippen MR) is 80.1 cm³/mol. The molecular formula is C14H11ClN2OS. The second kappa shape index (κ2) is 5.07. The number of phenols is 1. The molecule has 0 radical (unpaired) electrons. The molecule has 1 aromatic heterocycles. The van der Waals surface area contributed by atoms with E-state index in [9.17, 15) is 5.11 Å². The number of hydrogen-bond donors (Lipinski definition) is 2. The van der Waals surface area contributed by atoms with Crippen LogP contribution in [0.15, 0.2) is 42.6 Å². The highest BCUT2D eigenvalue weighted by molar-refractivity contribution is 7.15. The number of fused-ring (bicyclic) bond motifs is 1. The summed E-state index contributed by atoms with van der Waals surface area (Å²) in [6, 6.07) is 11.3. The van der Waals surface area contributed by atoms with E-state index in [2.05, 4.69) is 10.3 Å². The lowest BCUT2D eigenvalue weighted by Crippen LogP contribution is -1.98. The molecule has 5 heteroatoms. The Morgan fingerprint density at radius 2 is 1.95 bits per heavy atom. The molecule has 0 saturated heterocycles. The Bertz CT molecular complexity index is 726. The molecule has 0 amide bonds. The maximum atomic E-state index is 9.83. The fraction of sp³-hybridized carbons (Fsp3) is 0.0714. The Labute approximate surface area is 119 Å². The van der Waals surface area contributed by atoms with Crippen LogP contribution < -0.4 is 5.32 Å². The summed E-state index contributed by atoms with van der Waals surface area (Å²) in [5, 5.41) is 15.0. The van der Waals surface area contributed by atoms with Gasteiger partial charge in [-0.1, -0.05) is 35.9 Å². The Morgan fingerprint density at radius 1 is 1.16 bits per heavy atom. The highest BCUT2D eigenvalue weighted by Gasteiger charge is 2.05. The molecule has 3 rings (SSSR count). The molecule has 19 heavy (non-hydrogen) atoms. The van der Waals surface area contributed by atoms with Crippen LogP contribution in [-0.4, -0.2) is 10.1 Å². The molecule has 3 nitrogen and oxygen atoms in total. The van der Waals surface area contributed by atoms with Gasteiger partial charge in [0.1, 0.15) is 5.75 Å². The third kappa shape index (κ3) is 2.50. The third-order valence-electron chi connectivity index (χ3n) is 2.88. The van der Waals surface area contributed by atoms with Gasteiger partial charge in [0, 0.05) is 27.5 Å². The zero-order valence-electron chi connectivity index (χ0n) is 9.93. The van der Waals surface area contributed by atoms with Crippen molar-refractivity contribution in [1.29, 1.82) is 0 Å². The SMILES string of the molecule is Oc1ccc(NCc2cnc(Cl)s2)c2ccccc12. The molecular weight excluding hydrogens is 280 g/mol. The zero-order valence-corrected chi connectivity index (χ0v) is 11.5. The van der Waals surface area contributed by atoms with Crippen molar-refractivity contribution in [3.05, 3.63) is 51.9 Å². The number of anilines is 1. The highest BCUT2D eigenvalue weighted by atomic mass is 35.5. The summed E-state index contributed by atoms with van der Waals surface area (Å²) < 4.78 is 0.548. The number of benzene rings is 2. The van der Waals surface area contributed by atoms with Crippen molar-refractivity contribution in [3.8, 4) is 5.75 Å². The van der Waals surface area contributed by atoms with E-state index in [0.717, 1.165) is 21.3 Å². The number of halogens is 1. The first-order valence-corrected chi connectivity index (χ1v) is 6.98. The molecule has 0 unspecified atom stereocenters. The lowest BCUT2D eigenvalue weighted by atomic mass is 10.1. The molecule has 0 atom stereocenters. The molecule has 1 heterocycles. The van der Waals surface area contributed by atoms with Gasteiger partial charge in [0.2, 0.25) is 0 Å². The lowest BCUT2D eigenvalue weighted by Gasteiger charge is -2.09. The average molecular weight is 291 g/mol. The maximum absolute atomic E-state index is 9.83. The molecule has 3 aromatic rings. The summed E-state index contributed by atoms with van der Waals surface area (Å²) in [7, 11) is 0. The van der Waals surface area contributed by atoms with E-state index in [4.69, 9.17) is 11.6 Å². The van der Waals surface area contributed by atoms with Gasteiger partial charge in [-0.2, -0.15) is 0 Å². The first kappa shape index (κ1) is 12.3. The van der Waals surface area contributed by atoms with Crippen LogP contribution >= 0.6 is 22.9 Å². The summed E-state index contributed by atoms with van der Waals surface area (Å²) in [6.45, 7) is 0.666. The molecule has 0 saturated carbocycles. The summed E-state index contributed by atoms with van der Waals surface area (Å²) in [5.74, 6) is 0.294. The monoisotopic (exact) mass is 290 g/mol. The molecule has 2 aromatic carbocycles. The number of nitrogens with one attached hydrogen (secondary N) is 1. The van der Waals surface area contributed by atoms with Crippen LogP contribution in [0.1, 0.15) is 4.88 Å². The molecule has 0 aliphatic rings. The van der Waals surface area contributed by atoms with E-state index in [1.807, 2.05) is 30.3 Å². The number of phenolic OH excluding ortho intramolecular Hbond substituents is 1. The van der Waals surface area contributed by atoms with E-state index in [0.29, 0.717) is 16.8 Å². The molecule has 0 aliphatic heterocycles. The van der Waals surface area contributed by atoms with Crippen LogP contribution in [0.5, 0.6) is 5.75 Å². The second-order valence-electron chi connectivity index (χ2n) is 4.11. The highest BCUT2D eigenvalue weighted by Crippen LogP contribution is 2.31. The van der Waals surface area contributed by atoms with Crippen LogP contribution in [0, 0.1) is 0 Å². The predicted octanol–water partition coefficient (Wildman–Crippen LogP) is 4.27. The Morgan fingerprint density at radius 3 is 2.68 bits per heavy atom. The fourth-order valence-electron chi connectivity index (χ4n) is 1.99. The first-order valence-electron chi connectivity index (χ1n) is 5.79. The van der Waals surface area contributed by atoms with Crippen LogP contribution in [0.2, 0.25) is 4.47 Å². The number of aromatic nitrogens is 1. The van der Waals surface area contributed by atoms with Crippen molar-refractivity contribution in [2.45, 2.75) is 6.54 Å². The van der Waals surface area contributed by atoms with Crippen molar-refractivity contribution in [2.24, 2.45) is 0 Å². The van der Waals surface area contributed by atoms with E-state index < -0.39 is 0 Å². The van der Waals surface area contributed by atoms with Crippen LogP contribution in [-0.2, 0) is 6.54 Å². The van der Waals surface area contributed by atoms with Gasteiger partial charge in [0.15, 0.2) is 4.47 Å². The van der Waals surface area contributed by atoms with Crippen molar-refractivity contribution in [3.63, 3.8) is 0 Å². The van der Waals surface area contributed by atoms with E-state index in [1.165, 1.54) is 11.3 Å². The van der Waals surface area contributed by atoms with Crippen molar-refractivity contribution in [1.82, 2.24) is 4.98 Å². The topological polar surface area (TPSA) is 45.1 Å². The van der Waals surface area contributed by atoms with E-state index in [1.54, 1.807) is 12.3 Å². The van der Waals surface area contributed by atoms with Crippen molar-refractivity contribution < 1.29 is 5.11 Å². The Kier molecular flexibility index (Phi) is 3.27. The van der Waals surface area contributed by atoms with Crippen molar-refractivity contribution in [2.75, 3.05) is 5.32 Å². The van der Waals surface area contributed by atoms with Gasteiger partial charge in [-0.05, 0) is 12.1 Å². The van der Waals surface area contributed by atoms with E-state index >= 15 is 0 Å². The molecule has 0 fully saturated rings. The molecule has 0 bridgehead atoms. The third-order valence-corrected chi connectivity index (χ3v) is 3.99. The zero-order chi connectivity index (χ0) is 13.2. The molecule has 96 valence electrons. The standard InChI is InChI=1S/C14H11ClN2OS/c15-14-17-8-9(19-14)7-16-12-5-6-13(18)11-4-2-1-3-10(11)12/h1-6,8,16,18H,7H2. The number of aromatic hydroxyl groups is 1. The van der Waals surface area contributed by atoms with Gasteiger partial charge in [-0.15, -0.1) is 11.3 Å². The molecule has 0 spiro atoms. The van der Waals surface area contributed by atoms with Crippen molar-refractivity contribution >= 4 is 39.4 Å². The fourth-order valence-corrected chi connectivity index (χ4v) is 2.90. The minimum atomic E-state index is 0.294. The largest absolute Gasteiger partial charge is 0.507 e. The van der Waals surface area contributed by atoms with Gasteiger partial charge in [-0.25, -0.2) is 4.98 Å². The Balaban J connectivity index is 1.91. The quantitative estimate of drug-likeness (QED) is 0.708. The van der Waals surface area contributed by atoms with E-state index in [-0.39, 0.29) is 0 Å². The average Bonchev–Trinajstić information content (AvgIpc) is 2.84. The Hall–Kier alpha value is -1.78. The number of hydrogen-bond acceptors (Lipinski definition) is 4. The number of thiazole rings is 1. The summed E-state index contributed by atoms with van der Waals surface area (Å²) >= 11 is 7.26. The molecule has 2 N–H and O–H groups in total. The summed E-state index contributed by atoms with van der Waals surface area (Å²) in [5.41, 5.74) is 0.984.